The molecule has 0 amide bonds. The summed E-state index contributed by atoms with van der Waals surface area (Å²) in [6.07, 6.45) is 3.42. The van der Waals surface area contributed by atoms with E-state index in [1.165, 1.54) is 0 Å². The normalized spacial score (nSPS) is 12.4. The smallest absolute Gasteiger partial charge is 0.0846 e. The van der Waals surface area contributed by atoms with Crippen molar-refractivity contribution in [3.63, 3.8) is 0 Å². The van der Waals surface area contributed by atoms with Gasteiger partial charge in [0, 0.05) is 33.3 Å². The number of pyridine rings is 1. The van der Waals surface area contributed by atoms with Gasteiger partial charge in [-0.05, 0) is 33.6 Å². The van der Waals surface area contributed by atoms with Crippen LogP contribution >= 0.6 is 31.9 Å². The molecule has 1 aromatic carbocycles. The number of halogens is 2. The van der Waals surface area contributed by atoms with E-state index in [9.17, 15) is 5.11 Å². The van der Waals surface area contributed by atoms with Crippen LogP contribution in [0.2, 0.25) is 0 Å². The maximum atomic E-state index is 10.1. The Kier molecular flexibility index (Phi) is 4.31. The highest BCUT2D eigenvalue weighted by Crippen LogP contribution is 2.24. The number of hydrogen-bond donors (Lipinski definition) is 1. The van der Waals surface area contributed by atoms with Gasteiger partial charge in [-0.25, -0.2) is 0 Å². The highest BCUT2D eigenvalue weighted by atomic mass is 79.9. The van der Waals surface area contributed by atoms with Crippen LogP contribution < -0.4 is 0 Å². The predicted molar refractivity (Wildman–Crippen MR) is 74.7 cm³/mol. The first-order chi connectivity index (χ1) is 8.16. The molecule has 1 unspecified atom stereocenters. The van der Waals surface area contributed by atoms with Gasteiger partial charge < -0.3 is 5.11 Å². The van der Waals surface area contributed by atoms with Gasteiger partial charge in [-0.1, -0.05) is 34.1 Å². The average Bonchev–Trinajstić information content (AvgIpc) is 2.32. The largest absolute Gasteiger partial charge is 0.388 e. The first-order valence-electron chi connectivity index (χ1n) is 5.19. The summed E-state index contributed by atoms with van der Waals surface area (Å²) < 4.78 is 1.89. The Morgan fingerprint density at radius 3 is 2.65 bits per heavy atom. The number of aliphatic hydroxyl groups excluding tert-OH is 1. The summed E-state index contributed by atoms with van der Waals surface area (Å²) in [7, 11) is 0. The first kappa shape index (κ1) is 12.7. The van der Waals surface area contributed by atoms with Crippen LogP contribution in [0, 0.1) is 0 Å². The monoisotopic (exact) mass is 355 g/mol. The molecule has 4 heteroatoms. The number of nitrogens with zero attached hydrogens (tertiary/aromatic N) is 1. The van der Waals surface area contributed by atoms with E-state index in [0.29, 0.717) is 6.42 Å². The van der Waals surface area contributed by atoms with Gasteiger partial charge in [0.2, 0.25) is 0 Å². The lowest BCUT2D eigenvalue weighted by atomic mass is 10.0. The number of benzene rings is 1. The van der Waals surface area contributed by atoms with Crippen molar-refractivity contribution in [2.75, 3.05) is 0 Å². The number of aromatic nitrogens is 1. The summed E-state index contributed by atoms with van der Waals surface area (Å²) >= 11 is 6.82. The summed E-state index contributed by atoms with van der Waals surface area (Å²) in [5, 5.41) is 10.1. The van der Waals surface area contributed by atoms with Crippen molar-refractivity contribution in [2.45, 2.75) is 12.5 Å². The average molecular weight is 357 g/mol. The summed E-state index contributed by atoms with van der Waals surface area (Å²) in [5.41, 5.74) is 1.90. The number of hydrogen-bond acceptors (Lipinski definition) is 2. The van der Waals surface area contributed by atoms with E-state index in [0.717, 1.165) is 20.1 Å². The molecule has 0 saturated carbocycles. The van der Waals surface area contributed by atoms with Crippen molar-refractivity contribution in [1.29, 1.82) is 0 Å². The second kappa shape index (κ2) is 5.76. The Bertz CT molecular complexity index is 516. The third kappa shape index (κ3) is 3.37. The van der Waals surface area contributed by atoms with Gasteiger partial charge in [0.15, 0.2) is 0 Å². The Hall–Kier alpha value is -0.710. The Morgan fingerprint density at radius 1 is 1.18 bits per heavy atom. The van der Waals surface area contributed by atoms with E-state index >= 15 is 0 Å². The van der Waals surface area contributed by atoms with Gasteiger partial charge in [-0.2, -0.15) is 0 Å². The van der Waals surface area contributed by atoms with Crippen molar-refractivity contribution >= 4 is 31.9 Å². The molecule has 0 saturated heterocycles. The van der Waals surface area contributed by atoms with Crippen LogP contribution in [-0.2, 0) is 6.42 Å². The fourth-order valence-electron chi connectivity index (χ4n) is 1.60. The maximum Gasteiger partial charge on any atom is 0.0846 e. The molecule has 17 heavy (non-hydrogen) atoms. The van der Waals surface area contributed by atoms with Crippen molar-refractivity contribution in [1.82, 2.24) is 4.98 Å². The second-order valence-corrected chi connectivity index (χ2v) is 5.52. The molecular formula is C13H11Br2NO. The topological polar surface area (TPSA) is 33.1 Å². The van der Waals surface area contributed by atoms with E-state index in [4.69, 9.17) is 0 Å². The van der Waals surface area contributed by atoms with E-state index in [-0.39, 0.29) is 0 Å². The third-order valence-electron chi connectivity index (χ3n) is 2.48. The summed E-state index contributed by atoms with van der Waals surface area (Å²) in [5.74, 6) is 0. The molecule has 0 radical (unpaired) electrons. The van der Waals surface area contributed by atoms with Crippen molar-refractivity contribution in [3.8, 4) is 0 Å². The van der Waals surface area contributed by atoms with Gasteiger partial charge in [-0.3, -0.25) is 4.98 Å². The molecule has 0 bridgehead atoms. The SMILES string of the molecule is OC(Cc1ccccc1Br)c1cncc(Br)c1. The van der Waals surface area contributed by atoms with Crippen molar-refractivity contribution in [2.24, 2.45) is 0 Å². The molecule has 0 aliphatic heterocycles. The molecule has 2 nitrogen and oxygen atoms in total. The Balaban J connectivity index is 2.17. The summed E-state index contributed by atoms with van der Waals surface area (Å²) in [6.45, 7) is 0. The quantitative estimate of drug-likeness (QED) is 0.905. The number of rotatable bonds is 3. The van der Waals surface area contributed by atoms with Crippen LogP contribution in [0.25, 0.3) is 0 Å². The van der Waals surface area contributed by atoms with Gasteiger partial charge >= 0.3 is 0 Å². The maximum absolute atomic E-state index is 10.1. The van der Waals surface area contributed by atoms with Gasteiger partial charge in [-0.15, -0.1) is 0 Å². The molecule has 0 spiro atoms. The highest BCUT2D eigenvalue weighted by Gasteiger charge is 2.11. The molecule has 1 heterocycles. The van der Waals surface area contributed by atoms with Gasteiger partial charge in [0.05, 0.1) is 6.10 Å². The van der Waals surface area contributed by atoms with Crippen LogP contribution in [-0.4, -0.2) is 10.1 Å². The minimum atomic E-state index is -0.543. The summed E-state index contributed by atoms with van der Waals surface area (Å²) in [6, 6.07) is 9.78. The molecule has 0 fully saturated rings. The minimum absolute atomic E-state index is 0.543. The zero-order chi connectivity index (χ0) is 12.3. The minimum Gasteiger partial charge on any atom is -0.388 e. The fraction of sp³-hybridized carbons (Fsp3) is 0.154. The summed E-state index contributed by atoms with van der Waals surface area (Å²) in [4.78, 5) is 4.05. The van der Waals surface area contributed by atoms with Crippen molar-refractivity contribution in [3.05, 3.63) is 62.8 Å². The molecule has 2 rings (SSSR count). The van der Waals surface area contributed by atoms with Crippen LogP contribution in [0.3, 0.4) is 0 Å². The molecular weight excluding hydrogens is 346 g/mol. The standard InChI is InChI=1S/C13H11Br2NO/c14-11-5-10(7-16-8-11)13(17)6-9-3-1-2-4-12(9)15/h1-5,7-8,13,17H,6H2. The van der Waals surface area contributed by atoms with Crippen LogP contribution in [0.5, 0.6) is 0 Å². The second-order valence-electron chi connectivity index (χ2n) is 3.75. The molecule has 0 aliphatic rings. The predicted octanol–water partition coefficient (Wildman–Crippen LogP) is 3.88. The fourth-order valence-corrected chi connectivity index (χ4v) is 2.43. The molecule has 0 aliphatic carbocycles. The van der Waals surface area contributed by atoms with E-state index in [2.05, 4.69) is 36.8 Å². The Labute approximate surface area is 117 Å². The lowest BCUT2D eigenvalue weighted by Crippen LogP contribution is -2.02. The van der Waals surface area contributed by atoms with Crippen LogP contribution in [0.4, 0.5) is 0 Å². The molecule has 1 N–H and O–H groups in total. The lowest BCUT2D eigenvalue weighted by molar-refractivity contribution is 0.178. The van der Waals surface area contributed by atoms with Gasteiger partial charge in [0.25, 0.3) is 0 Å². The van der Waals surface area contributed by atoms with Crippen LogP contribution in [0.15, 0.2) is 51.7 Å². The molecule has 88 valence electrons. The van der Waals surface area contributed by atoms with Gasteiger partial charge in [0.1, 0.15) is 0 Å². The highest BCUT2D eigenvalue weighted by molar-refractivity contribution is 9.10. The molecule has 1 aromatic heterocycles. The van der Waals surface area contributed by atoms with Crippen LogP contribution in [0.1, 0.15) is 17.2 Å². The zero-order valence-corrected chi connectivity index (χ0v) is 12.1. The third-order valence-corrected chi connectivity index (χ3v) is 3.69. The van der Waals surface area contributed by atoms with E-state index in [1.807, 2.05) is 30.3 Å². The van der Waals surface area contributed by atoms with E-state index < -0.39 is 6.10 Å². The molecule has 2 aromatic rings. The lowest BCUT2D eigenvalue weighted by Gasteiger charge is -2.12. The number of aliphatic hydroxyl groups is 1. The zero-order valence-electron chi connectivity index (χ0n) is 8.98. The first-order valence-corrected chi connectivity index (χ1v) is 6.77. The van der Waals surface area contributed by atoms with Crippen molar-refractivity contribution < 1.29 is 5.11 Å². The molecule has 1 atom stereocenters. The van der Waals surface area contributed by atoms with E-state index in [1.54, 1.807) is 12.4 Å². The Morgan fingerprint density at radius 2 is 1.94 bits per heavy atom.